The maximum atomic E-state index is 9.90. The van der Waals surface area contributed by atoms with Crippen molar-refractivity contribution in [1.29, 1.82) is 0 Å². The van der Waals surface area contributed by atoms with Gasteiger partial charge in [-0.2, -0.15) is 0 Å². The summed E-state index contributed by atoms with van der Waals surface area (Å²) >= 11 is 0. The van der Waals surface area contributed by atoms with Gasteiger partial charge in [0.2, 0.25) is 0 Å². The van der Waals surface area contributed by atoms with Crippen molar-refractivity contribution in [2.75, 3.05) is 13.2 Å². The van der Waals surface area contributed by atoms with Crippen molar-refractivity contribution < 1.29 is 9.84 Å². The number of hydrogen-bond donors (Lipinski definition) is 1. The highest BCUT2D eigenvalue weighted by atomic mass is 16.5. The van der Waals surface area contributed by atoms with Crippen LogP contribution in [0, 0.1) is 12.3 Å². The first-order valence-corrected chi connectivity index (χ1v) is 4.14. The molecule has 0 aliphatic rings. The molecule has 1 N–H and O–H groups in total. The summed E-state index contributed by atoms with van der Waals surface area (Å²) in [5.41, 5.74) is -0.902. The van der Waals surface area contributed by atoms with Crippen LogP contribution in [0.2, 0.25) is 0 Å². The van der Waals surface area contributed by atoms with Gasteiger partial charge in [-0.25, -0.2) is 0 Å². The minimum atomic E-state index is -0.902. The van der Waals surface area contributed by atoms with E-state index >= 15 is 0 Å². The van der Waals surface area contributed by atoms with Gasteiger partial charge in [-0.15, -0.1) is 19.6 Å². The minimum Gasteiger partial charge on any atom is -0.387 e. The largest absolute Gasteiger partial charge is 0.387 e. The smallest absolute Gasteiger partial charge is 0.107 e. The van der Waals surface area contributed by atoms with Gasteiger partial charge in [-0.3, -0.25) is 0 Å². The summed E-state index contributed by atoms with van der Waals surface area (Å²) in [5, 5.41) is 9.90. The zero-order valence-electron chi connectivity index (χ0n) is 7.83. The average molecular weight is 180 g/mol. The van der Waals surface area contributed by atoms with Gasteiger partial charge in [-0.05, 0) is 12.8 Å². The highest BCUT2D eigenvalue weighted by Crippen LogP contribution is 2.16. The molecule has 13 heavy (non-hydrogen) atoms. The normalized spacial score (nSPS) is 10.5. The molecule has 2 heteroatoms. The maximum Gasteiger partial charge on any atom is 0.107 e. The van der Waals surface area contributed by atoms with Crippen molar-refractivity contribution in [2.45, 2.75) is 18.4 Å². The second-order valence-electron chi connectivity index (χ2n) is 2.91. The molecule has 0 aromatic carbocycles. The predicted octanol–water partition coefficient (Wildman–Crippen LogP) is 1.52. The van der Waals surface area contributed by atoms with Gasteiger partial charge in [0.25, 0.3) is 0 Å². The second-order valence-corrected chi connectivity index (χ2v) is 2.91. The SMILES string of the molecule is C#CCOCC(O)(CC=C)CC=C. The number of aliphatic hydroxyl groups is 1. The van der Waals surface area contributed by atoms with E-state index in [2.05, 4.69) is 19.1 Å². The van der Waals surface area contributed by atoms with Gasteiger partial charge in [0.05, 0.1) is 12.2 Å². The molecule has 0 atom stereocenters. The maximum absolute atomic E-state index is 9.90. The zero-order chi connectivity index (χ0) is 10.2. The molecule has 0 saturated carbocycles. The van der Waals surface area contributed by atoms with Gasteiger partial charge in [0, 0.05) is 0 Å². The van der Waals surface area contributed by atoms with E-state index in [1.54, 1.807) is 12.2 Å². The Bertz CT molecular complexity index is 191. The Morgan fingerprint density at radius 3 is 2.31 bits per heavy atom. The van der Waals surface area contributed by atoms with Gasteiger partial charge in [0.15, 0.2) is 0 Å². The number of ether oxygens (including phenoxy) is 1. The predicted molar refractivity (Wildman–Crippen MR) is 54.2 cm³/mol. The summed E-state index contributed by atoms with van der Waals surface area (Å²) in [6.45, 7) is 7.57. The molecular weight excluding hydrogens is 164 g/mol. The molecular formula is C11H16O2. The van der Waals surface area contributed by atoms with E-state index < -0.39 is 5.60 Å². The first-order valence-electron chi connectivity index (χ1n) is 4.14. The van der Waals surface area contributed by atoms with E-state index in [4.69, 9.17) is 11.2 Å². The molecule has 0 fully saturated rings. The average Bonchev–Trinajstić information content (AvgIpc) is 2.05. The van der Waals surface area contributed by atoms with Gasteiger partial charge in [-0.1, -0.05) is 18.1 Å². The topological polar surface area (TPSA) is 29.5 Å². The first-order chi connectivity index (χ1) is 6.18. The minimum absolute atomic E-state index is 0.217. The molecule has 0 saturated heterocycles. The van der Waals surface area contributed by atoms with Crippen LogP contribution in [-0.2, 0) is 4.74 Å². The Labute approximate surface area is 79.9 Å². The van der Waals surface area contributed by atoms with Crippen LogP contribution >= 0.6 is 0 Å². The Balaban J connectivity index is 3.99. The molecule has 0 aliphatic heterocycles. The van der Waals surface area contributed by atoms with Crippen molar-refractivity contribution in [2.24, 2.45) is 0 Å². The second kappa shape index (κ2) is 6.47. The van der Waals surface area contributed by atoms with Gasteiger partial charge < -0.3 is 9.84 Å². The van der Waals surface area contributed by atoms with Gasteiger partial charge in [0.1, 0.15) is 6.61 Å². The Kier molecular flexibility index (Phi) is 5.96. The van der Waals surface area contributed by atoms with E-state index in [1.807, 2.05) is 0 Å². The molecule has 0 unspecified atom stereocenters. The summed E-state index contributed by atoms with van der Waals surface area (Å²) in [7, 11) is 0. The fourth-order valence-corrected chi connectivity index (χ4v) is 1.04. The summed E-state index contributed by atoms with van der Waals surface area (Å²) in [6, 6.07) is 0. The van der Waals surface area contributed by atoms with Crippen molar-refractivity contribution in [3.8, 4) is 12.3 Å². The third kappa shape index (κ3) is 5.24. The summed E-state index contributed by atoms with van der Waals surface area (Å²) in [6.07, 6.45) is 9.27. The molecule has 0 rings (SSSR count). The lowest BCUT2D eigenvalue weighted by atomic mass is 9.97. The van der Waals surface area contributed by atoms with E-state index in [0.717, 1.165) is 0 Å². The highest BCUT2D eigenvalue weighted by Gasteiger charge is 2.23. The summed E-state index contributed by atoms with van der Waals surface area (Å²) < 4.78 is 5.07. The molecule has 0 amide bonds. The van der Waals surface area contributed by atoms with Crippen LogP contribution in [-0.4, -0.2) is 23.9 Å². The molecule has 0 aromatic heterocycles. The number of hydrogen-bond acceptors (Lipinski definition) is 2. The molecule has 0 aromatic rings. The van der Waals surface area contributed by atoms with Crippen molar-refractivity contribution in [3.63, 3.8) is 0 Å². The van der Waals surface area contributed by atoms with Crippen molar-refractivity contribution >= 4 is 0 Å². The quantitative estimate of drug-likeness (QED) is 0.365. The van der Waals surface area contributed by atoms with Gasteiger partial charge >= 0.3 is 0 Å². The van der Waals surface area contributed by atoms with E-state index in [0.29, 0.717) is 12.8 Å². The van der Waals surface area contributed by atoms with Crippen LogP contribution in [0.25, 0.3) is 0 Å². The molecule has 72 valence electrons. The number of terminal acetylenes is 1. The molecule has 0 spiro atoms. The van der Waals surface area contributed by atoms with E-state index in [-0.39, 0.29) is 13.2 Å². The first kappa shape index (κ1) is 12.0. The third-order valence-electron chi connectivity index (χ3n) is 1.60. The molecule has 0 heterocycles. The highest BCUT2D eigenvalue weighted by molar-refractivity contribution is 4.92. The molecule has 0 aliphatic carbocycles. The fraction of sp³-hybridized carbons (Fsp3) is 0.455. The Morgan fingerprint density at radius 1 is 1.38 bits per heavy atom. The van der Waals surface area contributed by atoms with E-state index in [9.17, 15) is 5.11 Å². The Hall–Kier alpha value is -1.04. The monoisotopic (exact) mass is 180 g/mol. The molecule has 2 nitrogen and oxygen atoms in total. The van der Waals surface area contributed by atoms with Crippen molar-refractivity contribution in [1.82, 2.24) is 0 Å². The lowest BCUT2D eigenvalue weighted by Crippen LogP contribution is -2.33. The van der Waals surface area contributed by atoms with Crippen LogP contribution in [0.4, 0.5) is 0 Å². The molecule has 0 bridgehead atoms. The zero-order valence-corrected chi connectivity index (χ0v) is 7.83. The van der Waals surface area contributed by atoms with Crippen LogP contribution in [0.5, 0.6) is 0 Å². The van der Waals surface area contributed by atoms with Crippen molar-refractivity contribution in [3.05, 3.63) is 25.3 Å². The van der Waals surface area contributed by atoms with E-state index in [1.165, 1.54) is 0 Å². The standard InChI is InChI=1S/C11H16O2/c1-4-7-11(12,8-5-2)10-13-9-6-3/h3-5,12H,1-2,7-10H2. The lowest BCUT2D eigenvalue weighted by molar-refractivity contribution is -0.0340. The van der Waals surface area contributed by atoms with Crippen LogP contribution < -0.4 is 0 Å². The van der Waals surface area contributed by atoms with Crippen LogP contribution in [0.3, 0.4) is 0 Å². The Morgan fingerprint density at radius 2 is 1.92 bits per heavy atom. The third-order valence-corrected chi connectivity index (χ3v) is 1.60. The lowest BCUT2D eigenvalue weighted by Gasteiger charge is -2.24. The molecule has 0 radical (unpaired) electrons. The summed E-state index contributed by atoms with van der Waals surface area (Å²) in [5.74, 6) is 2.34. The number of rotatable bonds is 7. The summed E-state index contributed by atoms with van der Waals surface area (Å²) in [4.78, 5) is 0. The fourth-order valence-electron chi connectivity index (χ4n) is 1.04. The van der Waals surface area contributed by atoms with Crippen LogP contribution in [0.1, 0.15) is 12.8 Å². The van der Waals surface area contributed by atoms with Crippen LogP contribution in [0.15, 0.2) is 25.3 Å².